The van der Waals surface area contributed by atoms with Crippen molar-refractivity contribution in [1.29, 1.82) is 0 Å². The lowest BCUT2D eigenvalue weighted by molar-refractivity contribution is 0.620. The van der Waals surface area contributed by atoms with Gasteiger partial charge in [0.2, 0.25) is 5.89 Å². The van der Waals surface area contributed by atoms with Crippen molar-refractivity contribution in [2.24, 2.45) is 0 Å². The average molecular weight is 303 g/mol. The average Bonchev–Trinajstić information content (AvgIpc) is 2.73. The first-order valence-corrected chi connectivity index (χ1v) is 6.35. The van der Waals surface area contributed by atoms with Crippen LogP contribution in [0.2, 0.25) is 0 Å². The van der Waals surface area contributed by atoms with Crippen LogP contribution in [-0.2, 0) is 0 Å². The van der Waals surface area contributed by atoms with Crippen LogP contribution in [0.15, 0.2) is 45.3 Å². The Morgan fingerprint density at radius 3 is 2.78 bits per heavy atom. The molecule has 3 nitrogen and oxygen atoms in total. The van der Waals surface area contributed by atoms with Crippen molar-refractivity contribution in [3.05, 3.63) is 46.4 Å². The van der Waals surface area contributed by atoms with Gasteiger partial charge in [-0.3, -0.25) is 0 Å². The van der Waals surface area contributed by atoms with Crippen LogP contribution in [0.25, 0.3) is 22.6 Å². The van der Waals surface area contributed by atoms with Gasteiger partial charge in [-0.15, -0.1) is 0 Å². The lowest BCUT2D eigenvalue weighted by atomic mass is 10.1. The fraction of sp³-hybridized carbons (Fsp3) is 0.0714. The number of hydrogen-bond acceptors (Lipinski definition) is 3. The van der Waals surface area contributed by atoms with Gasteiger partial charge < -0.3 is 10.2 Å². The zero-order valence-corrected chi connectivity index (χ0v) is 11.4. The Morgan fingerprint density at radius 1 is 1.22 bits per heavy atom. The monoisotopic (exact) mass is 302 g/mol. The fourth-order valence-electron chi connectivity index (χ4n) is 1.95. The summed E-state index contributed by atoms with van der Waals surface area (Å²) in [6.07, 6.45) is 0. The molecular weight excluding hydrogens is 292 g/mol. The van der Waals surface area contributed by atoms with E-state index >= 15 is 0 Å². The molecule has 3 aromatic rings. The summed E-state index contributed by atoms with van der Waals surface area (Å²) in [6, 6.07) is 11.6. The molecule has 0 amide bonds. The largest absolute Gasteiger partial charge is 0.436 e. The van der Waals surface area contributed by atoms with Crippen LogP contribution in [0.3, 0.4) is 0 Å². The van der Waals surface area contributed by atoms with Crippen LogP contribution < -0.4 is 5.73 Å². The van der Waals surface area contributed by atoms with Crippen LogP contribution in [-0.4, -0.2) is 4.98 Å². The minimum Gasteiger partial charge on any atom is -0.436 e. The summed E-state index contributed by atoms with van der Waals surface area (Å²) in [5.41, 5.74) is 10.0. The van der Waals surface area contributed by atoms with E-state index in [0.717, 1.165) is 15.6 Å². The maximum absolute atomic E-state index is 5.88. The number of nitrogens with zero attached hydrogens (tertiary/aromatic N) is 1. The summed E-state index contributed by atoms with van der Waals surface area (Å²) in [5.74, 6) is 0.590. The van der Waals surface area contributed by atoms with E-state index in [1.807, 2.05) is 43.3 Å². The van der Waals surface area contributed by atoms with Crippen molar-refractivity contribution in [3.8, 4) is 11.5 Å². The number of halogens is 1. The van der Waals surface area contributed by atoms with Crippen molar-refractivity contribution >= 4 is 32.7 Å². The first-order chi connectivity index (χ1) is 8.63. The van der Waals surface area contributed by atoms with E-state index in [9.17, 15) is 0 Å². The number of benzene rings is 2. The van der Waals surface area contributed by atoms with Gasteiger partial charge in [0.25, 0.3) is 0 Å². The predicted molar refractivity (Wildman–Crippen MR) is 76.3 cm³/mol. The second-order valence-corrected chi connectivity index (χ2v) is 5.15. The van der Waals surface area contributed by atoms with Crippen molar-refractivity contribution in [3.63, 3.8) is 0 Å². The lowest BCUT2D eigenvalue weighted by Crippen LogP contribution is -1.85. The molecule has 0 spiro atoms. The van der Waals surface area contributed by atoms with Gasteiger partial charge in [-0.05, 0) is 42.8 Å². The van der Waals surface area contributed by atoms with E-state index in [-0.39, 0.29) is 0 Å². The molecule has 2 N–H and O–H groups in total. The van der Waals surface area contributed by atoms with Crippen molar-refractivity contribution in [1.82, 2.24) is 4.98 Å². The third-order valence-corrected chi connectivity index (χ3v) is 3.20. The van der Waals surface area contributed by atoms with E-state index < -0.39 is 0 Å². The third kappa shape index (κ3) is 1.88. The summed E-state index contributed by atoms with van der Waals surface area (Å²) >= 11 is 3.47. The summed E-state index contributed by atoms with van der Waals surface area (Å²) in [5, 5.41) is 0. The molecule has 0 radical (unpaired) electrons. The molecule has 3 rings (SSSR count). The van der Waals surface area contributed by atoms with Crippen LogP contribution in [0.5, 0.6) is 0 Å². The number of oxazole rings is 1. The van der Waals surface area contributed by atoms with Crippen LogP contribution in [0, 0.1) is 6.92 Å². The Bertz CT molecular complexity index is 713. The summed E-state index contributed by atoms with van der Waals surface area (Å²) < 4.78 is 6.74. The first kappa shape index (κ1) is 11.3. The molecule has 0 saturated heterocycles. The molecule has 0 unspecified atom stereocenters. The van der Waals surface area contributed by atoms with Gasteiger partial charge in [-0.2, -0.15) is 0 Å². The van der Waals surface area contributed by atoms with Gasteiger partial charge in [0, 0.05) is 10.0 Å². The Balaban J connectivity index is 2.22. The Hall–Kier alpha value is -1.81. The van der Waals surface area contributed by atoms with Gasteiger partial charge in [-0.25, -0.2) is 4.98 Å². The summed E-state index contributed by atoms with van der Waals surface area (Å²) in [4.78, 5) is 4.45. The molecular formula is C14H11BrN2O. The maximum atomic E-state index is 5.88. The van der Waals surface area contributed by atoms with Gasteiger partial charge in [0.15, 0.2) is 5.58 Å². The van der Waals surface area contributed by atoms with Crippen molar-refractivity contribution < 1.29 is 4.42 Å². The molecule has 4 heteroatoms. The van der Waals surface area contributed by atoms with Gasteiger partial charge in [0.05, 0.1) is 5.69 Å². The van der Waals surface area contributed by atoms with Gasteiger partial charge >= 0.3 is 0 Å². The smallest absolute Gasteiger partial charge is 0.227 e. The first-order valence-electron chi connectivity index (χ1n) is 5.56. The van der Waals surface area contributed by atoms with Gasteiger partial charge in [-0.1, -0.05) is 22.0 Å². The number of aryl methyl sites for hydroxylation is 1. The SMILES string of the molecule is Cc1cc(Br)cc(-c2nc3c(N)cccc3o2)c1. The Morgan fingerprint density at radius 2 is 2.06 bits per heavy atom. The lowest BCUT2D eigenvalue weighted by Gasteiger charge is -1.99. The van der Waals surface area contributed by atoms with E-state index in [4.69, 9.17) is 10.2 Å². The number of para-hydroxylation sites is 1. The highest BCUT2D eigenvalue weighted by Gasteiger charge is 2.10. The zero-order valence-electron chi connectivity index (χ0n) is 9.77. The zero-order chi connectivity index (χ0) is 12.7. The van der Waals surface area contributed by atoms with Crippen LogP contribution >= 0.6 is 15.9 Å². The molecule has 90 valence electrons. The number of aromatic nitrogens is 1. The Kier molecular flexibility index (Phi) is 2.59. The van der Waals surface area contributed by atoms with Crippen molar-refractivity contribution in [2.75, 3.05) is 5.73 Å². The molecule has 0 aliphatic heterocycles. The molecule has 1 aromatic heterocycles. The highest BCUT2D eigenvalue weighted by Crippen LogP contribution is 2.29. The van der Waals surface area contributed by atoms with E-state index in [1.54, 1.807) is 0 Å². The molecule has 2 aromatic carbocycles. The van der Waals surface area contributed by atoms with Crippen molar-refractivity contribution in [2.45, 2.75) is 6.92 Å². The molecule has 0 bridgehead atoms. The number of hydrogen-bond donors (Lipinski definition) is 1. The Labute approximate surface area is 113 Å². The summed E-state index contributed by atoms with van der Waals surface area (Å²) in [6.45, 7) is 2.03. The van der Waals surface area contributed by atoms with Gasteiger partial charge in [0.1, 0.15) is 5.52 Å². The fourth-order valence-corrected chi connectivity index (χ4v) is 2.56. The van der Waals surface area contributed by atoms with E-state index in [0.29, 0.717) is 22.7 Å². The van der Waals surface area contributed by atoms with E-state index in [1.165, 1.54) is 0 Å². The minimum atomic E-state index is 0.590. The summed E-state index contributed by atoms with van der Waals surface area (Å²) in [7, 11) is 0. The highest BCUT2D eigenvalue weighted by atomic mass is 79.9. The molecule has 0 aliphatic rings. The third-order valence-electron chi connectivity index (χ3n) is 2.74. The standard InChI is InChI=1S/C14H11BrN2O/c1-8-5-9(7-10(15)6-8)14-17-13-11(16)3-2-4-12(13)18-14/h2-7H,16H2,1H3. The second kappa shape index (κ2) is 4.14. The van der Waals surface area contributed by atoms with E-state index in [2.05, 4.69) is 20.9 Å². The quantitative estimate of drug-likeness (QED) is 0.687. The number of nitrogen functional groups attached to an aromatic ring is 1. The maximum Gasteiger partial charge on any atom is 0.227 e. The molecule has 0 fully saturated rings. The molecule has 0 atom stereocenters. The topological polar surface area (TPSA) is 52.0 Å². The predicted octanol–water partition coefficient (Wildman–Crippen LogP) is 4.15. The molecule has 0 saturated carbocycles. The number of anilines is 1. The molecule has 18 heavy (non-hydrogen) atoms. The highest BCUT2D eigenvalue weighted by molar-refractivity contribution is 9.10. The van der Waals surface area contributed by atoms with Crippen LogP contribution in [0.1, 0.15) is 5.56 Å². The number of nitrogens with two attached hydrogens (primary N) is 1. The normalized spacial score (nSPS) is 11.0. The number of rotatable bonds is 1. The minimum absolute atomic E-state index is 0.590. The molecule has 1 heterocycles. The van der Waals surface area contributed by atoms with Crippen LogP contribution in [0.4, 0.5) is 5.69 Å². The number of fused-ring (bicyclic) bond motifs is 1. The second-order valence-electron chi connectivity index (χ2n) is 4.23. The molecule has 0 aliphatic carbocycles.